The highest BCUT2D eigenvalue weighted by Gasteiger charge is 2.27. The van der Waals surface area contributed by atoms with Crippen molar-refractivity contribution in [2.75, 3.05) is 0 Å². The Labute approximate surface area is 78.3 Å². The SMILES string of the molecule is Cn1cc(C(CC(=O)O)C(F)F)nn1. The van der Waals surface area contributed by atoms with E-state index < -0.39 is 24.7 Å². The topological polar surface area (TPSA) is 68.0 Å². The maximum Gasteiger partial charge on any atom is 0.304 e. The van der Waals surface area contributed by atoms with Crippen LogP contribution in [0.3, 0.4) is 0 Å². The minimum atomic E-state index is -2.75. The molecule has 0 aliphatic carbocycles. The largest absolute Gasteiger partial charge is 0.481 e. The van der Waals surface area contributed by atoms with E-state index in [1.165, 1.54) is 17.9 Å². The molecule has 0 aromatic carbocycles. The van der Waals surface area contributed by atoms with E-state index in [2.05, 4.69) is 10.3 Å². The minimum absolute atomic E-state index is 0.00454. The van der Waals surface area contributed by atoms with Crippen molar-refractivity contribution >= 4 is 5.97 Å². The standard InChI is InChI=1S/C7H9F2N3O2/c1-12-3-5(10-11-12)4(7(8)9)2-6(13)14/h3-4,7H,2H2,1H3,(H,13,14). The average molecular weight is 205 g/mol. The molecule has 1 rings (SSSR count). The third-order valence-electron chi connectivity index (χ3n) is 1.70. The zero-order valence-electron chi connectivity index (χ0n) is 7.39. The van der Waals surface area contributed by atoms with E-state index in [0.29, 0.717) is 0 Å². The second kappa shape index (κ2) is 4.12. The van der Waals surface area contributed by atoms with Crippen LogP contribution < -0.4 is 0 Å². The van der Waals surface area contributed by atoms with E-state index in [9.17, 15) is 13.6 Å². The maximum atomic E-state index is 12.4. The van der Waals surface area contributed by atoms with Crippen LogP contribution in [-0.4, -0.2) is 32.5 Å². The summed E-state index contributed by atoms with van der Waals surface area (Å²) in [6.45, 7) is 0. The van der Waals surface area contributed by atoms with Crippen LogP contribution >= 0.6 is 0 Å². The summed E-state index contributed by atoms with van der Waals surface area (Å²) in [5.41, 5.74) is 0.00454. The zero-order chi connectivity index (χ0) is 10.7. The summed E-state index contributed by atoms with van der Waals surface area (Å²) in [6, 6.07) is 0. The van der Waals surface area contributed by atoms with Crippen LogP contribution in [0.2, 0.25) is 0 Å². The average Bonchev–Trinajstić information content (AvgIpc) is 2.46. The van der Waals surface area contributed by atoms with Gasteiger partial charge in [-0.05, 0) is 0 Å². The van der Waals surface area contributed by atoms with Gasteiger partial charge in [-0.2, -0.15) is 0 Å². The Morgan fingerprint density at radius 1 is 1.71 bits per heavy atom. The minimum Gasteiger partial charge on any atom is -0.481 e. The Hall–Kier alpha value is -1.53. The fourth-order valence-electron chi connectivity index (χ4n) is 1.05. The summed E-state index contributed by atoms with van der Waals surface area (Å²) in [4.78, 5) is 10.3. The van der Waals surface area contributed by atoms with Gasteiger partial charge in [-0.3, -0.25) is 9.48 Å². The quantitative estimate of drug-likeness (QED) is 0.783. The molecule has 1 N–H and O–H groups in total. The van der Waals surface area contributed by atoms with Crippen LogP contribution in [0.15, 0.2) is 6.20 Å². The molecule has 7 heteroatoms. The van der Waals surface area contributed by atoms with Gasteiger partial charge in [0.2, 0.25) is 6.43 Å². The lowest BCUT2D eigenvalue weighted by molar-refractivity contribution is -0.138. The van der Waals surface area contributed by atoms with Crippen molar-refractivity contribution in [3.63, 3.8) is 0 Å². The molecular weight excluding hydrogens is 196 g/mol. The first-order valence-electron chi connectivity index (χ1n) is 3.87. The predicted molar refractivity (Wildman–Crippen MR) is 42.0 cm³/mol. The molecule has 1 aromatic heterocycles. The summed E-state index contributed by atoms with van der Waals surface area (Å²) >= 11 is 0. The second-order valence-electron chi connectivity index (χ2n) is 2.86. The second-order valence-corrected chi connectivity index (χ2v) is 2.86. The van der Waals surface area contributed by atoms with Crippen LogP contribution in [0.4, 0.5) is 8.78 Å². The number of alkyl halides is 2. The molecule has 5 nitrogen and oxygen atoms in total. The van der Waals surface area contributed by atoms with Gasteiger partial charge in [-0.25, -0.2) is 8.78 Å². The van der Waals surface area contributed by atoms with Crippen molar-refractivity contribution in [3.8, 4) is 0 Å². The fraction of sp³-hybridized carbons (Fsp3) is 0.571. The normalized spacial score (nSPS) is 13.1. The predicted octanol–water partition coefficient (Wildman–Crippen LogP) is 0.638. The van der Waals surface area contributed by atoms with E-state index >= 15 is 0 Å². The third-order valence-corrected chi connectivity index (χ3v) is 1.70. The lowest BCUT2D eigenvalue weighted by Gasteiger charge is -2.09. The molecule has 0 aliphatic rings. The van der Waals surface area contributed by atoms with Crippen LogP contribution in [0.25, 0.3) is 0 Å². The molecular formula is C7H9F2N3O2. The number of rotatable bonds is 4. The smallest absolute Gasteiger partial charge is 0.304 e. The Morgan fingerprint density at radius 2 is 2.36 bits per heavy atom. The van der Waals surface area contributed by atoms with Crippen LogP contribution in [0.5, 0.6) is 0 Å². The zero-order valence-corrected chi connectivity index (χ0v) is 7.39. The number of hydrogen-bond acceptors (Lipinski definition) is 3. The number of aryl methyl sites for hydroxylation is 1. The molecule has 0 amide bonds. The molecule has 1 aromatic rings. The lowest BCUT2D eigenvalue weighted by Crippen LogP contribution is -2.14. The van der Waals surface area contributed by atoms with Crippen LogP contribution in [0.1, 0.15) is 18.0 Å². The van der Waals surface area contributed by atoms with Crippen molar-refractivity contribution in [1.82, 2.24) is 15.0 Å². The lowest BCUT2D eigenvalue weighted by atomic mass is 10.0. The molecule has 0 radical (unpaired) electrons. The molecule has 0 bridgehead atoms. The molecule has 78 valence electrons. The van der Waals surface area contributed by atoms with Gasteiger partial charge in [0, 0.05) is 13.2 Å². The summed E-state index contributed by atoms with van der Waals surface area (Å²) < 4.78 is 26.1. The summed E-state index contributed by atoms with van der Waals surface area (Å²) in [7, 11) is 1.53. The molecule has 0 saturated carbocycles. The van der Waals surface area contributed by atoms with Gasteiger partial charge in [0.15, 0.2) is 0 Å². The number of halogens is 2. The first-order chi connectivity index (χ1) is 6.50. The molecule has 0 aliphatic heterocycles. The molecule has 1 atom stereocenters. The number of carboxylic acid groups (broad SMARTS) is 1. The van der Waals surface area contributed by atoms with Crippen LogP contribution in [0, 0.1) is 0 Å². The number of aliphatic carboxylic acids is 1. The van der Waals surface area contributed by atoms with Crippen molar-refractivity contribution < 1.29 is 18.7 Å². The highest BCUT2D eigenvalue weighted by molar-refractivity contribution is 5.67. The molecule has 1 heterocycles. The number of aromatic nitrogens is 3. The Balaban J connectivity index is 2.82. The Kier molecular flexibility index (Phi) is 3.10. The van der Waals surface area contributed by atoms with E-state index in [0.717, 1.165) is 0 Å². The summed E-state index contributed by atoms with van der Waals surface area (Å²) in [5, 5.41) is 15.3. The Bertz CT molecular complexity index is 326. The maximum absolute atomic E-state index is 12.4. The van der Waals surface area contributed by atoms with Crippen molar-refractivity contribution in [3.05, 3.63) is 11.9 Å². The summed E-state index contributed by atoms with van der Waals surface area (Å²) in [6.07, 6.45) is -2.10. The number of carbonyl (C=O) groups is 1. The van der Waals surface area contributed by atoms with Crippen LogP contribution in [-0.2, 0) is 11.8 Å². The number of carboxylic acids is 1. The van der Waals surface area contributed by atoms with E-state index in [-0.39, 0.29) is 5.69 Å². The van der Waals surface area contributed by atoms with Gasteiger partial charge in [0.1, 0.15) is 0 Å². The molecule has 0 saturated heterocycles. The number of nitrogens with zero attached hydrogens (tertiary/aromatic N) is 3. The van der Waals surface area contributed by atoms with Gasteiger partial charge in [0.25, 0.3) is 0 Å². The molecule has 0 fully saturated rings. The van der Waals surface area contributed by atoms with E-state index in [4.69, 9.17) is 5.11 Å². The third kappa shape index (κ3) is 2.48. The van der Waals surface area contributed by atoms with Crippen molar-refractivity contribution in [1.29, 1.82) is 0 Å². The monoisotopic (exact) mass is 205 g/mol. The summed E-state index contributed by atoms with van der Waals surface area (Å²) in [5.74, 6) is -2.66. The highest BCUT2D eigenvalue weighted by Crippen LogP contribution is 2.24. The molecule has 14 heavy (non-hydrogen) atoms. The highest BCUT2D eigenvalue weighted by atomic mass is 19.3. The van der Waals surface area contributed by atoms with Gasteiger partial charge < -0.3 is 5.11 Å². The first kappa shape index (κ1) is 10.6. The molecule has 0 spiro atoms. The van der Waals surface area contributed by atoms with Crippen molar-refractivity contribution in [2.24, 2.45) is 7.05 Å². The number of hydrogen-bond donors (Lipinski definition) is 1. The Morgan fingerprint density at radius 3 is 2.71 bits per heavy atom. The van der Waals surface area contributed by atoms with Gasteiger partial charge in [-0.15, -0.1) is 5.10 Å². The fourth-order valence-corrected chi connectivity index (χ4v) is 1.05. The van der Waals surface area contributed by atoms with E-state index in [1.54, 1.807) is 0 Å². The van der Waals surface area contributed by atoms with Gasteiger partial charge in [-0.1, -0.05) is 5.21 Å². The molecule has 1 unspecified atom stereocenters. The van der Waals surface area contributed by atoms with Crippen molar-refractivity contribution in [2.45, 2.75) is 18.8 Å². The first-order valence-corrected chi connectivity index (χ1v) is 3.87. The van der Waals surface area contributed by atoms with E-state index in [1.807, 2.05) is 0 Å². The van der Waals surface area contributed by atoms with Gasteiger partial charge >= 0.3 is 5.97 Å². The van der Waals surface area contributed by atoms with Gasteiger partial charge in [0.05, 0.1) is 18.0 Å².